The number of Topliss-reactive ketones (excluding diaryl/α,β-unsaturated/α-hetero) is 1. The maximum Gasteiger partial charge on any atom is 0.295 e. The highest BCUT2D eigenvalue weighted by atomic mass is 16.5. The zero-order chi connectivity index (χ0) is 23.4. The molecule has 4 rings (SSSR count). The maximum atomic E-state index is 13.1. The van der Waals surface area contributed by atoms with Crippen molar-refractivity contribution in [3.63, 3.8) is 0 Å². The molecule has 1 aliphatic heterocycles. The summed E-state index contributed by atoms with van der Waals surface area (Å²) in [7, 11) is 1.55. The standard InChI is InChI=1S/C27H25NO5/c1-3-33-22-13-9-18(10-14-22)17-28-24(19-7-5-4-6-8-19)23(26(30)27(28)31)25(29)20-11-15-21(32-2)16-12-20/h4-16,24,29H,3,17H2,1-2H3/b25-23-. The van der Waals surface area contributed by atoms with Gasteiger partial charge in [-0.05, 0) is 54.4 Å². The van der Waals surface area contributed by atoms with Crippen molar-refractivity contribution < 1.29 is 24.2 Å². The first kappa shape index (κ1) is 22.1. The first-order valence-corrected chi connectivity index (χ1v) is 10.7. The fourth-order valence-corrected chi connectivity index (χ4v) is 3.98. The Bertz CT molecular complexity index is 1170. The van der Waals surface area contributed by atoms with E-state index in [0.717, 1.165) is 16.9 Å². The molecule has 0 aromatic heterocycles. The number of hydrogen-bond donors (Lipinski definition) is 1. The molecule has 3 aromatic rings. The third-order valence-electron chi connectivity index (χ3n) is 5.61. The Hall–Kier alpha value is -4.06. The number of ketones is 1. The lowest BCUT2D eigenvalue weighted by Gasteiger charge is -2.25. The molecule has 0 saturated carbocycles. The number of amides is 1. The summed E-state index contributed by atoms with van der Waals surface area (Å²) >= 11 is 0. The highest BCUT2D eigenvalue weighted by Crippen LogP contribution is 2.40. The van der Waals surface area contributed by atoms with Crippen LogP contribution >= 0.6 is 0 Å². The fourth-order valence-electron chi connectivity index (χ4n) is 3.98. The predicted octanol–water partition coefficient (Wildman–Crippen LogP) is 4.72. The van der Waals surface area contributed by atoms with Gasteiger partial charge in [0.2, 0.25) is 0 Å². The number of nitrogens with zero attached hydrogens (tertiary/aromatic N) is 1. The van der Waals surface area contributed by atoms with Crippen LogP contribution in [0.5, 0.6) is 11.5 Å². The molecule has 1 atom stereocenters. The topological polar surface area (TPSA) is 76.1 Å². The Morgan fingerprint density at radius 1 is 0.909 bits per heavy atom. The van der Waals surface area contributed by atoms with Crippen LogP contribution in [0.25, 0.3) is 5.76 Å². The maximum absolute atomic E-state index is 13.1. The summed E-state index contributed by atoms with van der Waals surface area (Å²) in [6.45, 7) is 2.69. The largest absolute Gasteiger partial charge is 0.507 e. The molecule has 33 heavy (non-hydrogen) atoms. The number of hydrogen-bond acceptors (Lipinski definition) is 5. The molecule has 6 nitrogen and oxygen atoms in total. The van der Waals surface area contributed by atoms with Gasteiger partial charge in [-0.15, -0.1) is 0 Å². The number of likely N-dealkylation sites (tertiary alicyclic amines) is 1. The normalized spacial score (nSPS) is 17.3. The van der Waals surface area contributed by atoms with Crippen molar-refractivity contribution in [2.75, 3.05) is 13.7 Å². The van der Waals surface area contributed by atoms with E-state index in [1.807, 2.05) is 61.5 Å². The van der Waals surface area contributed by atoms with Gasteiger partial charge in [0.1, 0.15) is 17.3 Å². The Balaban J connectivity index is 1.76. The summed E-state index contributed by atoms with van der Waals surface area (Å²) in [6, 6.07) is 22.7. The van der Waals surface area contributed by atoms with Gasteiger partial charge in [-0.3, -0.25) is 9.59 Å². The Labute approximate surface area is 192 Å². The zero-order valence-corrected chi connectivity index (χ0v) is 18.5. The number of methoxy groups -OCH3 is 1. The molecular weight excluding hydrogens is 418 g/mol. The van der Waals surface area contributed by atoms with Crippen LogP contribution in [0.15, 0.2) is 84.4 Å². The molecule has 1 heterocycles. The molecule has 1 N–H and O–H groups in total. The van der Waals surface area contributed by atoms with Gasteiger partial charge in [0.15, 0.2) is 0 Å². The van der Waals surface area contributed by atoms with Gasteiger partial charge < -0.3 is 19.5 Å². The molecule has 0 bridgehead atoms. The summed E-state index contributed by atoms with van der Waals surface area (Å²) in [5.41, 5.74) is 2.11. The molecule has 1 saturated heterocycles. The molecular formula is C27H25NO5. The van der Waals surface area contributed by atoms with E-state index in [1.54, 1.807) is 31.4 Å². The van der Waals surface area contributed by atoms with Crippen molar-refractivity contribution >= 4 is 17.4 Å². The molecule has 1 unspecified atom stereocenters. The number of rotatable bonds is 7. The third-order valence-corrected chi connectivity index (χ3v) is 5.61. The minimum Gasteiger partial charge on any atom is -0.507 e. The molecule has 1 amide bonds. The minimum absolute atomic E-state index is 0.0716. The summed E-state index contributed by atoms with van der Waals surface area (Å²) in [5.74, 6) is -0.195. The van der Waals surface area contributed by atoms with Crippen LogP contribution in [0.1, 0.15) is 29.7 Å². The molecule has 0 aliphatic carbocycles. The van der Waals surface area contributed by atoms with Crippen LogP contribution in [0.4, 0.5) is 0 Å². The van der Waals surface area contributed by atoms with E-state index in [0.29, 0.717) is 17.9 Å². The summed E-state index contributed by atoms with van der Waals surface area (Å²) in [4.78, 5) is 27.7. The van der Waals surface area contributed by atoms with Gasteiger partial charge in [0.25, 0.3) is 11.7 Å². The molecule has 3 aromatic carbocycles. The lowest BCUT2D eigenvalue weighted by Crippen LogP contribution is -2.29. The lowest BCUT2D eigenvalue weighted by atomic mass is 9.95. The summed E-state index contributed by atoms with van der Waals surface area (Å²) in [6.07, 6.45) is 0. The van der Waals surface area contributed by atoms with Crippen molar-refractivity contribution in [1.82, 2.24) is 4.90 Å². The molecule has 1 fully saturated rings. The van der Waals surface area contributed by atoms with Crippen molar-refractivity contribution in [2.24, 2.45) is 0 Å². The highest BCUT2D eigenvalue weighted by Gasteiger charge is 2.46. The summed E-state index contributed by atoms with van der Waals surface area (Å²) < 4.78 is 10.7. The molecule has 0 radical (unpaired) electrons. The van der Waals surface area contributed by atoms with E-state index >= 15 is 0 Å². The van der Waals surface area contributed by atoms with E-state index in [9.17, 15) is 14.7 Å². The van der Waals surface area contributed by atoms with E-state index in [4.69, 9.17) is 9.47 Å². The van der Waals surface area contributed by atoms with Crippen molar-refractivity contribution in [3.8, 4) is 11.5 Å². The molecule has 6 heteroatoms. The highest BCUT2D eigenvalue weighted by molar-refractivity contribution is 6.46. The average molecular weight is 443 g/mol. The van der Waals surface area contributed by atoms with Gasteiger partial charge in [0.05, 0.1) is 25.3 Å². The van der Waals surface area contributed by atoms with Crippen LogP contribution in [0, 0.1) is 0 Å². The number of carbonyl (C=O) groups is 2. The van der Waals surface area contributed by atoms with Gasteiger partial charge >= 0.3 is 0 Å². The molecule has 1 aliphatic rings. The first-order chi connectivity index (χ1) is 16.0. The average Bonchev–Trinajstić information content (AvgIpc) is 3.10. The lowest BCUT2D eigenvalue weighted by molar-refractivity contribution is -0.140. The second kappa shape index (κ2) is 9.61. The number of carbonyl (C=O) groups excluding carboxylic acids is 2. The first-order valence-electron chi connectivity index (χ1n) is 10.7. The number of aliphatic hydroxyl groups excluding tert-OH is 1. The second-order valence-corrected chi connectivity index (χ2v) is 7.64. The number of aliphatic hydroxyl groups is 1. The Kier molecular flexibility index (Phi) is 6.45. The van der Waals surface area contributed by atoms with Crippen LogP contribution in [-0.2, 0) is 16.1 Å². The Morgan fingerprint density at radius 3 is 2.15 bits per heavy atom. The van der Waals surface area contributed by atoms with Gasteiger partial charge in [-0.25, -0.2) is 0 Å². The van der Waals surface area contributed by atoms with E-state index < -0.39 is 17.7 Å². The minimum atomic E-state index is -0.708. The second-order valence-electron chi connectivity index (χ2n) is 7.64. The van der Waals surface area contributed by atoms with Gasteiger partial charge in [-0.1, -0.05) is 42.5 Å². The van der Waals surface area contributed by atoms with Crippen molar-refractivity contribution in [2.45, 2.75) is 19.5 Å². The number of ether oxygens (including phenoxy) is 2. The van der Waals surface area contributed by atoms with Crippen LogP contribution < -0.4 is 9.47 Å². The number of benzene rings is 3. The quantitative estimate of drug-likeness (QED) is 0.325. The van der Waals surface area contributed by atoms with Crippen LogP contribution in [-0.4, -0.2) is 35.4 Å². The van der Waals surface area contributed by atoms with E-state index in [2.05, 4.69) is 0 Å². The summed E-state index contributed by atoms with van der Waals surface area (Å²) in [5, 5.41) is 11.1. The molecule has 168 valence electrons. The third kappa shape index (κ3) is 4.46. The fraction of sp³-hybridized carbons (Fsp3) is 0.185. The SMILES string of the molecule is CCOc1ccc(CN2C(=O)C(=O)/C(=C(\O)c3ccc(OC)cc3)C2c2ccccc2)cc1. The van der Waals surface area contributed by atoms with Crippen molar-refractivity contribution in [3.05, 3.63) is 101 Å². The van der Waals surface area contributed by atoms with Gasteiger partial charge in [-0.2, -0.15) is 0 Å². The van der Waals surface area contributed by atoms with Gasteiger partial charge in [0, 0.05) is 12.1 Å². The predicted molar refractivity (Wildman–Crippen MR) is 125 cm³/mol. The smallest absolute Gasteiger partial charge is 0.295 e. The van der Waals surface area contributed by atoms with E-state index in [1.165, 1.54) is 4.90 Å². The Morgan fingerprint density at radius 2 is 1.55 bits per heavy atom. The van der Waals surface area contributed by atoms with Crippen LogP contribution in [0.3, 0.4) is 0 Å². The monoisotopic (exact) mass is 443 g/mol. The van der Waals surface area contributed by atoms with Crippen LogP contribution in [0.2, 0.25) is 0 Å². The molecule has 0 spiro atoms. The van der Waals surface area contributed by atoms with E-state index in [-0.39, 0.29) is 17.9 Å². The van der Waals surface area contributed by atoms with Crippen molar-refractivity contribution in [1.29, 1.82) is 0 Å². The zero-order valence-electron chi connectivity index (χ0n) is 18.5.